The standard InChI is InChI=1S/C16H18N2O3/c1-16(2,3)21-15(20)18-12-6-4-11(5-7-12)14-9-8-13(19)10-17-14/h4-10,19H,1-3H3,(H,18,20). The summed E-state index contributed by atoms with van der Waals surface area (Å²) in [5.74, 6) is 0.127. The summed E-state index contributed by atoms with van der Waals surface area (Å²) in [4.78, 5) is 15.8. The van der Waals surface area contributed by atoms with Crippen molar-refractivity contribution in [1.29, 1.82) is 0 Å². The smallest absolute Gasteiger partial charge is 0.412 e. The fraction of sp³-hybridized carbons (Fsp3) is 0.250. The van der Waals surface area contributed by atoms with E-state index in [1.54, 1.807) is 24.3 Å². The topological polar surface area (TPSA) is 71.5 Å². The third-order valence-corrected chi connectivity index (χ3v) is 2.57. The summed E-state index contributed by atoms with van der Waals surface area (Å²) in [6.45, 7) is 5.44. The van der Waals surface area contributed by atoms with Gasteiger partial charge in [0.05, 0.1) is 11.9 Å². The number of aromatic hydroxyl groups is 1. The third kappa shape index (κ3) is 4.49. The van der Waals surface area contributed by atoms with Crippen LogP contribution in [0.2, 0.25) is 0 Å². The molecule has 5 heteroatoms. The second-order valence-electron chi connectivity index (χ2n) is 5.61. The highest BCUT2D eigenvalue weighted by atomic mass is 16.6. The van der Waals surface area contributed by atoms with Crippen LogP contribution in [0.1, 0.15) is 20.8 Å². The molecule has 2 N–H and O–H groups in total. The predicted molar refractivity (Wildman–Crippen MR) is 81.2 cm³/mol. The molecular weight excluding hydrogens is 268 g/mol. The molecule has 0 aliphatic heterocycles. The second kappa shape index (κ2) is 5.83. The Hall–Kier alpha value is -2.56. The van der Waals surface area contributed by atoms with Crippen LogP contribution in [-0.2, 0) is 4.74 Å². The van der Waals surface area contributed by atoms with Gasteiger partial charge in [-0.05, 0) is 45.0 Å². The lowest BCUT2D eigenvalue weighted by Crippen LogP contribution is -2.27. The summed E-state index contributed by atoms with van der Waals surface area (Å²) in [6.07, 6.45) is 0.903. The van der Waals surface area contributed by atoms with Crippen LogP contribution < -0.4 is 5.32 Å². The lowest BCUT2D eigenvalue weighted by Gasteiger charge is -2.19. The first kappa shape index (κ1) is 14.8. The van der Waals surface area contributed by atoms with Gasteiger partial charge in [-0.1, -0.05) is 12.1 Å². The quantitative estimate of drug-likeness (QED) is 0.880. The van der Waals surface area contributed by atoms with Crippen molar-refractivity contribution in [2.24, 2.45) is 0 Å². The van der Waals surface area contributed by atoms with Crippen LogP contribution in [0.4, 0.5) is 10.5 Å². The Balaban J connectivity index is 2.05. The Morgan fingerprint density at radius 2 is 1.81 bits per heavy atom. The van der Waals surface area contributed by atoms with E-state index in [1.165, 1.54) is 6.20 Å². The number of carbonyl (C=O) groups is 1. The molecule has 21 heavy (non-hydrogen) atoms. The SMILES string of the molecule is CC(C)(C)OC(=O)Nc1ccc(-c2ccc(O)cn2)cc1. The molecule has 2 rings (SSSR count). The molecule has 0 saturated carbocycles. The van der Waals surface area contributed by atoms with E-state index in [2.05, 4.69) is 10.3 Å². The molecule has 1 heterocycles. The summed E-state index contributed by atoms with van der Waals surface area (Å²) >= 11 is 0. The van der Waals surface area contributed by atoms with Crippen molar-refractivity contribution in [2.75, 3.05) is 5.32 Å². The lowest BCUT2D eigenvalue weighted by molar-refractivity contribution is 0.0636. The maximum atomic E-state index is 11.6. The minimum absolute atomic E-state index is 0.127. The lowest BCUT2D eigenvalue weighted by atomic mass is 10.1. The van der Waals surface area contributed by atoms with E-state index < -0.39 is 11.7 Å². The first-order valence-electron chi connectivity index (χ1n) is 6.59. The maximum absolute atomic E-state index is 11.6. The van der Waals surface area contributed by atoms with Gasteiger partial charge in [-0.25, -0.2) is 4.79 Å². The van der Waals surface area contributed by atoms with Gasteiger partial charge in [0.1, 0.15) is 11.4 Å². The number of carbonyl (C=O) groups excluding carboxylic acids is 1. The molecule has 0 spiro atoms. The number of anilines is 1. The summed E-state index contributed by atoms with van der Waals surface area (Å²) in [5, 5.41) is 11.9. The molecule has 0 saturated heterocycles. The van der Waals surface area contributed by atoms with E-state index in [0.29, 0.717) is 5.69 Å². The van der Waals surface area contributed by atoms with E-state index >= 15 is 0 Å². The average Bonchev–Trinajstić information content (AvgIpc) is 2.38. The summed E-state index contributed by atoms with van der Waals surface area (Å²) < 4.78 is 5.18. The first-order valence-corrected chi connectivity index (χ1v) is 6.59. The third-order valence-electron chi connectivity index (χ3n) is 2.57. The Kier molecular flexibility index (Phi) is 4.12. The van der Waals surface area contributed by atoms with Crippen LogP contribution in [-0.4, -0.2) is 21.8 Å². The Labute approximate surface area is 123 Å². The highest BCUT2D eigenvalue weighted by Gasteiger charge is 2.16. The van der Waals surface area contributed by atoms with Gasteiger partial charge in [-0.15, -0.1) is 0 Å². The number of hydrogen-bond donors (Lipinski definition) is 2. The van der Waals surface area contributed by atoms with Crippen molar-refractivity contribution in [3.8, 4) is 17.0 Å². The zero-order valence-corrected chi connectivity index (χ0v) is 12.3. The first-order chi connectivity index (χ1) is 9.83. The summed E-state index contributed by atoms with van der Waals surface area (Å²) in [5.41, 5.74) is 1.76. The maximum Gasteiger partial charge on any atom is 0.412 e. The van der Waals surface area contributed by atoms with Gasteiger partial charge in [-0.3, -0.25) is 10.3 Å². The van der Waals surface area contributed by atoms with E-state index in [4.69, 9.17) is 4.74 Å². The van der Waals surface area contributed by atoms with Crippen LogP contribution in [0, 0.1) is 0 Å². The molecule has 0 atom stereocenters. The van der Waals surface area contributed by atoms with Crippen LogP contribution >= 0.6 is 0 Å². The zero-order chi connectivity index (χ0) is 15.5. The number of pyridine rings is 1. The number of amides is 1. The van der Waals surface area contributed by atoms with Crippen LogP contribution in [0.3, 0.4) is 0 Å². The average molecular weight is 286 g/mol. The number of nitrogens with one attached hydrogen (secondary N) is 1. The van der Waals surface area contributed by atoms with Gasteiger partial charge < -0.3 is 9.84 Å². The van der Waals surface area contributed by atoms with Gasteiger partial charge in [0.25, 0.3) is 0 Å². The fourth-order valence-electron chi connectivity index (χ4n) is 1.70. The van der Waals surface area contributed by atoms with Crippen molar-refractivity contribution in [1.82, 2.24) is 4.98 Å². The van der Waals surface area contributed by atoms with Crippen molar-refractivity contribution in [2.45, 2.75) is 26.4 Å². The summed E-state index contributed by atoms with van der Waals surface area (Å²) in [7, 11) is 0. The van der Waals surface area contributed by atoms with Crippen LogP contribution in [0.15, 0.2) is 42.6 Å². The normalized spacial score (nSPS) is 11.0. The van der Waals surface area contributed by atoms with Gasteiger partial charge in [0.15, 0.2) is 0 Å². The van der Waals surface area contributed by atoms with Gasteiger partial charge in [0.2, 0.25) is 0 Å². The number of rotatable bonds is 2. The number of hydrogen-bond acceptors (Lipinski definition) is 4. The highest BCUT2D eigenvalue weighted by Crippen LogP contribution is 2.21. The van der Waals surface area contributed by atoms with Crippen molar-refractivity contribution >= 4 is 11.8 Å². The minimum atomic E-state index is -0.528. The van der Waals surface area contributed by atoms with Crippen LogP contribution in [0.5, 0.6) is 5.75 Å². The largest absolute Gasteiger partial charge is 0.506 e. The number of aromatic nitrogens is 1. The van der Waals surface area contributed by atoms with Crippen molar-refractivity contribution in [3.63, 3.8) is 0 Å². The minimum Gasteiger partial charge on any atom is -0.506 e. The molecule has 0 radical (unpaired) electrons. The van der Waals surface area contributed by atoms with E-state index in [0.717, 1.165) is 11.3 Å². The molecule has 1 amide bonds. The highest BCUT2D eigenvalue weighted by molar-refractivity contribution is 5.85. The van der Waals surface area contributed by atoms with Crippen LogP contribution in [0.25, 0.3) is 11.3 Å². The fourth-order valence-corrected chi connectivity index (χ4v) is 1.70. The molecule has 1 aromatic heterocycles. The molecule has 0 bridgehead atoms. The Morgan fingerprint density at radius 3 is 2.33 bits per heavy atom. The van der Waals surface area contributed by atoms with Crippen molar-refractivity contribution in [3.05, 3.63) is 42.6 Å². The number of benzene rings is 1. The predicted octanol–water partition coefficient (Wildman–Crippen LogP) is 3.80. The monoisotopic (exact) mass is 286 g/mol. The van der Waals surface area contributed by atoms with Gasteiger partial charge in [-0.2, -0.15) is 0 Å². The molecule has 5 nitrogen and oxygen atoms in total. The molecule has 1 aromatic carbocycles. The molecule has 110 valence electrons. The molecule has 0 unspecified atom stereocenters. The van der Waals surface area contributed by atoms with Gasteiger partial charge in [0, 0.05) is 11.3 Å². The van der Waals surface area contributed by atoms with E-state index in [1.807, 2.05) is 32.9 Å². The van der Waals surface area contributed by atoms with Crippen molar-refractivity contribution < 1.29 is 14.6 Å². The molecule has 0 aliphatic carbocycles. The summed E-state index contributed by atoms with van der Waals surface area (Å²) in [6, 6.07) is 10.5. The second-order valence-corrected chi connectivity index (χ2v) is 5.61. The van der Waals surface area contributed by atoms with E-state index in [-0.39, 0.29) is 5.75 Å². The molecule has 2 aromatic rings. The van der Waals surface area contributed by atoms with Gasteiger partial charge >= 0.3 is 6.09 Å². The number of nitrogens with zero attached hydrogens (tertiary/aromatic N) is 1. The number of ether oxygens (including phenoxy) is 1. The zero-order valence-electron chi connectivity index (χ0n) is 12.3. The molecule has 0 fully saturated rings. The Bertz CT molecular complexity index is 613. The molecular formula is C16H18N2O3. The van der Waals surface area contributed by atoms with E-state index in [9.17, 15) is 9.90 Å². The Morgan fingerprint density at radius 1 is 1.14 bits per heavy atom. The molecule has 0 aliphatic rings.